The Bertz CT molecular complexity index is 1490. The third-order valence-corrected chi connectivity index (χ3v) is 6.04. The van der Waals surface area contributed by atoms with Crippen LogP contribution < -0.4 is 19.5 Å². The van der Waals surface area contributed by atoms with Crippen LogP contribution in [0.3, 0.4) is 0 Å². The topological polar surface area (TPSA) is 85.5 Å². The lowest BCUT2D eigenvalue weighted by molar-refractivity contribution is -0.117. The first kappa shape index (κ1) is 23.3. The lowest BCUT2D eigenvalue weighted by Gasteiger charge is -2.08. The molecule has 5 rings (SSSR count). The fourth-order valence-electron chi connectivity index (χ4n) is 4.00. The zero-order valence-electron chi connectivity index (χ0n) is 19.2. The number of ether oxygens (including phenoxy) is 3. The van der Waals surface area contributed by atoms with Crippen LogP contribution in [0.15, 0.2) is 78.5 Å². The van der Waals surface area contributed by atoms with E-state index in [1.165, 1.54) is 0 Å². The molecular weight excluding hydrogens is 478 g/mol. The number of hydrogen-bond acceptors (Lipinski definition) is 5. The van der Waals surface area contributed by atoms with Crippen LogP contribution in [-0.2, 0) is 17.9 Å². The number of carbonyl (C=O) groups is 1. The van der Waals surface area contributed by atoms with Crippen molar-refractivity contribution in [2.75, 3.05) is 13.4 Å². The molecule has 1 amide bonds. The number of hydrogen-bond donors (Lipinski definition) is 1. The van der Waals surface area contributed by atoms with E-state index < -0.39 is 5.91 Å². The monoisotopic (exact) mass is 499 g/mol. The van der Waals surface area contributed by atoms with E-state index in [-0.39, 0.29) is 18.9 Å². The number of rotatable bonds is 8. The number of nitrogens with one attached hydrogen (secondary N) is 1. The second-order valence-corrected chi connectivity index (χ2v) is 8.57. The van der Waals surface area contributed by atoms with Crippen LogP contribution in [0.5, 0.6) is 17.2 Å². The standard InChI is InChI=1S/C28H22ClN3O4/c29-22-6-8-23(9-7-22)34-12-11-32-17-21(24-3-1-2-4-25(24)32)14-20(15-30)28(33)31-16-19-5-10-26-27(13-19)36-18-35-26/h1-10,13-14,17H,11-12,16,18H2,(H,31,33)/b20-14+. The highest BCUT2D eigenvalue weighted by Crippen LogP contribution is 2.32. The van der Waals surface area contributed by atoms with Gasteiger partial charge in [-0.25, -0.2) is 0 Å². The van der Waals surface area contributed by atoms with Gasteiger partial charge in [-0.05, 0) is 54.1 Å². The van der Waals surface area contributed by atoms with Gasteiger partial charge < -0.3 is 24.1 Å². The molecule has 0 spiro atoms. The fourth-order valence-corrected chi connectivity index (χ4v) is 4.13. The molecule has 2 heterocycles. The molecule has 0 unspecified atom stereocenters. The van der Waals surface area contributed by atoms with Crippen molar-refractivity contribution in [3.8, 4) is 23.3 Å². The van der Waals surface area contributed by atoms with Gasteiger partial charge in [-0.1, -0.05) is 35.9 Å². The van der Waals surface area contributed by atoms with Crippen molar-refractivity contribution in [2.24, 2.45) is 0 Å². The number of carbonyl (C=O) groups excluding carboxylic acids is 1. The SMILES string of the molecule is N#C/C(=C\c1cn(CCOc2ccc(Cl)cc2)c2ccccc12)C(=O)NCc1ccc2c(c1)OCO2. The van der Waals surface area contributed by atoms with Gasteiger partial charge >= 0.3 is 0 Å². The molecule has 0 bridgehead atoms. The largest absolute Gasteiger partial charge is 0.492 e. The minimum Gasteiger partial charge on any atom is -0.492 e. The molecule has 3 aromatic carbocycles. The van der Waals surface area contributed by atoms with E-state index in [4.69, 9.17) is 25.8 Å². The van der Waals surface area contributed by atoms with E-state index in [1.807, 2.05) is 60.8 Å². The predicted molar refractivity (Wildman–Crippen MR) is 137 cm³/mol. The first-order valence-electron chi connectivity index (χ1n) is 11.4. The molecule has 36 heavy (non-hydrogen) atoms. The fraction of sp³-hybridized carbons (Fsp3) is 0.143. The van der Waals surface area contributed by atoms with Crippen molar-refractivity contribution in [1.82, 2.24) is 9.88 Å². The Labute approximate surface area is 213 Å². The second-order valence-electron chi connectivity index (χ2n) is 8.14. The summed E-state index contributed by atoms with van der Waals surface area (Å²) < 4.78 is 18.6. The molecule has 1 aromatic heterocycles. The summed E-state index contributed by atoms with van der Waals surface area (Å²) in [6, 6.07) is 22.6. The van der Waals surface area contributed by atoms with Crippen LogP contribution in [0, 0.1) is 11.3 Å². The van der Waals surface area contributed by atoms with Crippen LogP contribution in [-0.4, -0.2) is 23.9 Å². The maximum absolute atomic E-state index is 12.8. The number of para-hydroxylation sites is 1. The van der Waals surface area contributed by atoms with Gasteiger partial charge in [-0.3, -0.25) is 4.79 Å². The van der Waals surface area contributed by atoms with E-state index in [2.05, 4.69) is 9.88 Å². The van der Waals surface area contributed by atoms with Crippen molar-refractivity contribution in [1.29, 1.82) is 5.26 Å². The molecule has 0 aliphatic carbocycles. The number of nitrogens with zero attached hydrogens (tertiary/aromatic N) is 2. The third-order valence-electron chi connectivity index (χ3n) is 5.79. The predicted octanol–water partition coefficient (Wildman–Crippen LogP) is 5.33. The zero-order valence-corrected chi connectivity index (χ0v) is 20.0. The molecular formula is C28H22ClN3O4. The lowest BCUT2D eigenvalue weighted by Crippen LogP contribution is -2.23. The summed E-state index contributed by atoms with van der Waals surface area (Å²) in [6.07, 6.45) is 3.55. The normalized spacial score (nSPS) is 12.4. The first-order valence-corrected chi connectivity index (χ1v) is 11.7. The van der Waals surface area contributed by atoms with E-state index in [1.54, 1.807) is 24.3 Å². The zero-order chi connectivity index (χ0) is 24.9. The first-order chi connectivity index (χ1) is 17.6. The summed E-state index contributed by atoms with van der Waals surface area (Å²) in [4.78, 5) is 12.8. The molecule has 8 heteroatoms. The van der Waals surface area contributed by atoms with Gasteiger partial charge in [0.05, 0.1) is 6.54 Å². The Kier molecular flexibility index (Phi) is 6.78. The number of halogens is 1. The Hall–Kier alpha value is -4.41. The maximum atomic E-state index is 12.8. The number of aromatic nitrogens is 1. The molecule has 180 valence electrons. The molecule has 0 radical (unpaired) electrons. The van der Waals surface area contributed by atoms with Crippen LogP contribution in [0.25, 0.3) is 17.0 Å². The Morgan fingerprint density at radius 1 is 1.11 bits per heavy atom. The summed E-state index contributed by atoms with van der Waals surface area (Å²) in [5.41, 5.74) is 2.65. The number of fused-ring (bicyclic) bond motifs is 2. The van der Waals surface area contributed by atoms with Crippen molar-refractivity contribution in [2.45, 2.75) is 13.1 Å². The number of nitriles is 1. The summed E-state index contributed by atoms with van der Waals surface area (Å²) in [7, 11) is 0. The van der Waals surface area contributed by atoms with Crippen LogP contribution in [0.4, 0.5) is 0 Å². The van der Waals surface area contributed by atoms with Gasteiger partial charge in [-0.2, -0.15) is 5.26 Å². The quantitative estimate of drug-likeness (QED) is 0.262. The van der Waals surface area contributed by atoms with Crippen molar-refractivity contribution >= 4 is 34.5 Å². The smallest absolute Gasteiger partial charge is 0.262 e. The second kappa shape index (κ2) is 10.5. The molecule has 4 aromatic rings. The summed E-state index contributed by atoms with van der Waals surface area (Å²) >= 11 is 5.93. The van der Waals surface area contributed by atoms with Crippen molar-refractivity contribution in [3.63, 3.8) is 0 Å². The maximum Gasteiger partial charge on any atom is 0.262 e. The molecule has 1 N–H and O–H groups in total. The number of benzene rings is 3. The third kappa shape index (κ3) is 5.14. The number of amides is 1. The highest BCUT2D eigenvalue weighted by atomic mass is 35.5. The molecule has 0 fully saturated rings. The summed E-state index contributed by atoms with van der Waals surface area (Å²) in [5.74, 6) is 1.61. The van der Waals surface area contributed by atoms with Gasteiger partial charge in [0.1, 0.15) is 24.0 Å². The van der Waals surface area contributed by atoms with Gasteiger partial charge in [0, 0.05) is 34.2 Å². The average molecular weight is 500 g/mol. The van der Waals surface area contributed by atoms with Crippen molar-refractivity contribution < 1.29 is 19.0 Å². The van der Waals surface area contributed by atoms with E-state index in [0.29, 0.717) is 29.7 Å². The van der Waals surface area contributed by atoms with Gasteiger partial charge in [0.2, 0.25) is 6.79 Å². The molecule has 1 aliphatic rings. The van der Waals surface area contributed by atoms with Crippen LogP contribution in [0.2, 0.25) is 5.02 Å². The van der Waals surface area contributed by atoms with Gasteiger partial charge in [0.15, 0.2) is 11.5 Å². The molecule has 1 aliphatic heterocycles. The highest BCUT2D eigenvalue weighted by Gasteiger charge is 2.15. The van der Waals surface area contributed by atoms with Gasteiger partial charge in [-0.15, -0.1) is 0 Å². The van der Waals surface area contributed by atoms with Crippen LogP contribution in [0.1, 0.15) is 11.1 Å². The Morgan fingerprint density at radius 3 is 2.75 bits per heavy atom. The van der Waals surface area contributed by atoms with E-state index in [9.17, 15) is 10.1 Å². The average Bonchev–Trinajstić information content (AvgIpc) is 3.51. The highest BCUT2D eigenvalue weighted by molar-refractivity contribution is 6.30. The Morgan fingerprint density at radius 2 is 1.92 bits per heavy atom. The molecule has 0 saturated heterocycles. The molecule has 0 atom stereocenters. The van der Waals surface area contributed by atoms with E-state index >= 15 is 0 Å². The minimum atomic E-state index is -0.446. The lowest BCUT2D eigenvalue weighted by atomic mass is 10.1. The minimum absolute atomic E-state index is 0.0241. The molecule has 7 nitrogen and oxygen atoms in total. The summed E-state index contributed by atoms with van der Waals surface area (Å²) in [5, 5.41) is 14.1. The van der Waals surface area contributed by atoms with Crippen molar-refractivity contribution in [3.05, 3.63) is 94.6 Å². The molecule has 0 saturated carbocycles. The Balaban J connectivity index is 1.29. The van der Waals surface area contributed by atoms with Gasteiger partial charge in [0.25, 0.3) is 5.91 Å². The summed E-state index contributed by atoms with van der Waals surface area (Å²) in [6.45, 7) is 1.49. The van der Waals surface area contributed by atoms with E-state index in [0.717, 1.165) is 27.8 Å². The van der Waals surface area contributed by atoms with Crippen LogP contribution >= 0.6 is 11.6 Å².